The molecule has 0 amide bonds. The molecule has 1 heterocycles. The average molecular weight is 538 g/mol. The number of ether oxygens (including phenoxy) is 2. The number of esters is 2. The molecule has 210 valence electrons. The number of halogens is 1. The average Bonchev–Trinajstić information content (AvgIpc) is 3.31. The fraction of sp³-hybridized carbons (Fsp3) is 0.516. The van der Waals surface area contributed by atoms with E-state index in [-0.39, 0.29) is 42.6 Å². The first kappa shape index (κ1) is 28.7. The first-order chi connectivity index (χ1) is 18.8. The molecule has 2 aromatic carbocycles. The second kappa shape index (κ2) is 12.7. The van der Waals surface area contributed by atoms with E-state index in [1.165, 1.54) is 20.3 Å². The molecule has 0 aromatic heterocycles. The molecule has 0 bridgehead atoms. The van der Waals surface area contributed by atoms with Crippen LogP contribution < -0.4 is 0 Å². The number of hydrogen-bond donors (Lipinski definition) is 0. The molecule has 8 heteroatoms. The van der Waals surface area contributed by atoms with Crippen LogP contribution in [0.15, 0.2) is 59.6 Å². The molecule has 0 radical (unpaired) electrons. The van der Waals surface area contributed by atoms with Gasteiger partial charge in [-0.3, -0.25) is 9.79 Å². The van der Waals surface area contributed by atoms with Gasteiger partial charge in [0, 0.05) is 19.0 Å². The van der Waals surface area contributed by atoms with E-state index in [1.54, 1.807) is 18.5 Å². The van der Waals surface area contributed by atoms with Crippen LogP contribution in [0.3, 0.4) is 0 Å². The predicted molar refractivity (Wildman–Crippen MR) is 149 cm³/mol. The third kappa shape index (κ3) is 6.32. The summed E-state index contributed by atoms with van der Waals surface area (Å²) in [6.07, 6.45) is 5.73. The minimum Gasteiger partial charge on any atom is -0.469 e. The lowest BCUT2D eigenvalue weighted by molar-refractivity contribution is -0.151. The second-order valence-corrected chi connectivity index (χ2v) is 11.0. The summed E-state index contributed by atoms with van der Waals surface area (Å²) in [5, 5.41) is 0. The molecule has 3 unspecified atom stereocenters. The molecule has 2 aliphatic rings. The smallest absolute Gasteiger partial charge is 0.336 e. The number of nitrogens with zero attached hydrogens (tertiary/aromatic N) is 3. The molecule has 7 nitrogen and oxygen atoms in total. The highest BCUT2D eigenvalue weighted by atomic mass is 19.1. The van der Waals surface area contributed by atoms with Gasteiger partial charge in [-0.2, -0.15) is 0 Å². The zero-order valence-electron chi connectivity index (χ0n) is 23.4. The summed E-state index contributed by atoms with van der Waals surface area (Å²) < 4.78 is 24.3. The zero-order valence-corrected chi connectivity index (χ0v) is 23.4. The molecule has 39 heavy (non-hydrogen) atoms. The number of hydrogen-bond acceptors (Lipinski definition) is 7. The van der Waals surface area contributed by atoms with E-state index in [2.05, 4.69) is 21.9 Å². The Morgan fingerprint density at radius 3 is 2.38 bits per heavy atom. The molecule has 1 aliphatic carbocycles. The van der Waals surface area contributed by atoms with Crippen LogP contribution in [0.2, 0.25) is 0 Å². The first-order valence-electron chi connectivity index (χ1n) is 13.7. The largest absolute Gasteiger partial charge is 0.469 e. The topological polar surface area (TPSA) is 71.4 Å². The Kier molecular flexibility index (Phi) is 9.38. The second-order valence-electron chi connectivity index (χ2n) is 11.0. The number of rotatable bonds is 10. The van der Waals surface area contributed by atoms with Crippen molar-refractivity contribution in [2.45, 2.75) is 62.7 Å². The fourth-order valence-electron chi connectivity index (χ4n) is 6.71. The Labute approximate surface area is 231 Å². The van der Waals surface area contributed by atoms with Gasteiger partial charge < -0.3 is 19.3 Å². The van der Waals surface area contributed by atoms with Gasteiger partial charge in [0.05, 0.1) is 26.6 Å². The van der Waals surface area contributed by atoms with Gasteiger partial charge in [0.1, 0.15) is 5.82 Å². The molecule has 0 saturated heterocycles. The highest BCUT2D eigenvalue weighted by Crippen LogP contribution is 2.46. The van der Waals surface area contributed by atoms with Crippen LogP contribution >= 0.6 is 0 Å². The van der Waals surface area contributed by atoms with Crippen molar-refractivity contribution in [1.82, 2.24) is 9.80 Å². The Morgan fingerprint density at radius 2 is 1.77 bits per heavy atom. The van der Waals surface area contributed by atoms with Crippen molar-refractivity contribution in [3.05, 3.63) is 71.5 Å². The van der Waals surface area contributed by atoms with Crippen LogP contribution in [0, 0.1) is 17.7 Å². The number of benzene rings is 2. The van der Waals surface area contributed by atoms with E-state index >= 15 is 0 Å². The quantitative estimate of drug-likeness (QED) is 0.397. The van der Waals surface area contributed by atoms with Gasteiger partial charge in [-0.1, -0.05) is 42.5 Å². The lowest BCUT2D eigenvalue weighted by Crippen LogP contribution is -2.56. The van der Waals surface area contributed by atoms with Crippen LogP contribution in [-0.4, -0.2) is 68.0 Å². The van der Waals surface area contributed by atoms with Gasteiger partial charge in [-0.15, -0.1) is 0 Å². The van der Waals surface area contributed by atoms with Crippen molar-refractivity contribution in [3.8, 4) is 0 Å². The van der Waals surface area contributed by atoms with E-state index in [9.17, 15) is 14.0 Å². The normalized spacial score (nSPS) is 25.5. The van der Waals surface area contributed by atoms with Crippen molar-refractivity contribution >= 4 is 18.3 Å². The van der Waals surface area contributed by atoms with Crippen LogP contribution in [-0.2, 0) is 25.6 Å². The van der Waals surface area contributed by atoms with Crippen LogP contribution in [0.5, 0.6) is 0 Å². The van der Waals surface area contributed by atoms with Crippen LogP contribution in [0.1, 0.15) is 55.7 Å². The Balaban J connectivity index is 1.60. The summed E-state index contributed by atoms with van der Waals surface area (Å²) in [4.78, 5) is 34.7. The summed E-state index contributed by atoms with van der Waals surface area (Å²) in [6, 6.07) is 16.9. The van der Waals surface area contributed by atoms with E-state index in [0.717, 1.165) is 36.8 Å². The van der Waals surface area contributed by atoms with Gasteiger partial charge in [0.25, 0.3) is 0 Å². The molecule has 1 fully saturated rings. The third-order valence-corrected chi connectivity index (χ3v) is 8.42. The van der Waals surface area contributed by atoms with E-state index < -0.39 is 11.5 Å². The van der Waals surface area contributed by atoms with Gasteiger partial charge >= 0.3 is 11.9 Å². The predicted octanol–water partition coefficient (Wildman–Crippen LogP) is 5.01. The summed E-state index contributed by atoms with van der Waals surface area (Å²) in [5.41, 5.74) is 0.925. The summed E-state index contributed by atoms with van der Waals surface area (Å²) in [6.45, 7) is 0.607. The SMILES string of the molecule is COC(=O)CCC1(C(=O)OC)N=CN(Cc2ccccc2)C1C1CCC(C(c2cccc(F)c2)N(C)C)CC1. The molecule has 3 atom stereocenters. The van der Waals surface area contributed by atoms with Gasteiger partial charge in [-0.25, -0.2) is 9.18 Å². The maximum absolute atomic E-state index is 14.1. The maximum Gasteiger partial charge on any atom is 0.336 e. The molecule has 0 spiro atoms. The third-order valence-electron chi connectivity index (χ3n) is 8.42. The highest BCUT2D eigenvalue weighted by Gasteiger charge is 2.55. The van der Waals surface area contributed by atoms with Crippen molar-refractivity contribution in [1.29, 1.82) is 0 Å². The monoisotopic (exact) mass is 537 g/mol. The molecular weight excluding hydrogens is 497 g/mol. The van der Waals surface area contributed by atoms with E-state index in [4.69, 9.17) is 14.5 Å². The highest BCUT2D eigenvalue weighted by molar-refractivity contribution is 5.87. The summed E-state index contributed by atoms with van der Waals surface area (Å²) >= 11 is 0. The fourth-order valence-corrected chi connectivity index (χ4v) is 6.71. The minimum atomic E-state index is -1.18. The minimum absolute atomic E-state index is 0.0796. The lowest BCUT2D eigenvalue weighted by atomic mass is 9.69. The summed E-state index contributed by atoms with van der Waals surface area (Å²) in [7, 11) is 6.82. The first-order valence-corrected chi connectivity index (χ1v) is 13.7. The Morgan fingerprint density at radius 1 is 1.05 bits per heavy atom. The summed E-state index contributed by atoms with van der Waals surface area (Å²) in [5.74, 6) is -0.496. The molecular formula is C31H40FN3O4. The molecule has 2 aromatic rings. The molecule has 4 rings (SSSR count). The van der Waals surface area contributed by atoms with Crippen molar-refractivity contribution < 1.29 is 23.5 Å². The maximum atomic E-state index is 14.1. The van der Waals surface area contributed by atoms with Crippen LogP contribution in [0.25, 0.3) is 0 Å². The molecule has 1 aliphatic heterocycles. The number of carbonyl (C=O) groups is 2. The van der Waals surface area contributed by atoms with E-state index in [1.807, 2.05) is 38.4 Å². The van der Waals surface area contributed by atoms with Crippen LogP contribution in [0.4, 0.5) is 4.39 Å². The standard InChI is InChI=1S/C31H40FN3O4/c1-34(2)28(25-11-8-12-26(32)19-25)23-13-15-24(16-14-23)29-31(30(37)39-4,18-17-27(36)38-3)33-21-35(29)20-22-9-6-5-7-10-22/h5-12,19,21,23-24,28-29H,13-18,20H2,1-4H3. The molecule has 0 N–H and O–H groups in total. The van der Waals surface area contributed by atoms with Gasteiger partial charge in [0.15, 0.2) is 5.54 Å². The van der Waals surface area contributed by atoms with Crippen molar-refractivity contribution in [2.75, 3.05) is 28.3 Å². The Bertz CT molecular complexity index is 1150. The lowest BCUT2D eigenvalue weighted by Gasteiger charge is -2.44. The zero-order chi connectivity index (χ0) is 28.0. The van der Waals surface area contributed by atoms with Gasteiger partial charge in [-0.05, 0) is 81.3 Å². The number of methoxy groups -OCH3 is 2. The number of aliphatic imine (C=N–C) groups is 1. The molecule has 1 saturated carbocycles. The Hall–Kier alpha value is -3.26. The van der Waals surface area contributed by atoms with Gasteiger partial charge in [0.2, 0.25) is 0 Å². The van der Waals surface area contributed by atoms with E-state index in [0.29, 0.717) is 12.5 Å². The van der Waals surface area contributed by atoms with Crippen molar-refractivity contribution in [3.63, 3.8) is 0 Å². The van der Waals surface area contributed by atoms with Crippen molar-refractivity contribution in [2.24, 2.45) is 16.8 Å². The number of carbonyl (C=O) groups excluding carboxylic acids is 2.